The van der Waals surface area contributed by atoms with E-state index in [4.69, 9.17) is 29.4 Å². The zero-order chi connectivity index (χ0) is 56.4. The Hall–Kier alpha value is -3.64. The fourth-order valence-electron chi connectivity index (χ4n) is 9.49. The number of hydrogen-bond donors (Lipinski definition) is 16. The van der Waals surface area contributed by atoms with Crippen molar-refractivity contribution >= 4 is 11.9 Å². The third-order valence-electron chi connectivity index (χ3n) is 14.3. The van der Waals surface area contributed by atoms with Crippen LogP contribution >= 0.6 is 0 Å². The van der Waals surface area contributed by atoms with E-state index in [1.165, 1.54) is 19.1 Å². The standard InChI is InChI=1S/C53H84N2O21/c1-28-17-15-13-11-9-7-5-6-8-10-12-14-16-18-35(74-52-48(67)43(54)46(65)31(4)73-52)24-39-42(50(69)55-44-49(68)47(66)40(27-56)75-51(44)70)38(62)26-53(71,76-39)25-37(61)36(60)20-19-32(57)21-33(58)22-34(59)23-41(63)72-30(3)29(2)45(28)64/h5-18,28-40,42-49,51-52,56-62,64-68,70-71H,19-27,54H2,1-4H3,(H,55,69)/b6-5+,9-7+,10-8+,13-11+,14-12+,17-15+,18-16+/t28-,29-,30-,31+,32+,33?,34+,35?,36+,37+,38-,39?,40?,42+,43-,44?,45+,46+,47?,48-,49?,51?,52-,53+/m0/s1. The number of nitrogens with one attached hydrogen (secondary N) is 1. The van der Waals surface area contributed by atoms with Crippen LogP contribution in [0.25, 0.3) is 0 Å². The summed E-state index contributed by atoms with van der Waals surface area (Å²) >= 11 is 0. The van der Waals surface area contributed by atoms with E-state index in [1.807, 2.05) is 6.92 Å². The number of ether oxygens (including phenoxy) is 5. The summed E-state index contributed by atoms with van der Waals surface area (Å²) in [6, 6.07) is -2.93. The van der Waals surface area contributed by atoms with Crippen molar-refractivity contribution in [1.29, 1.82) is 0 Å². The Bertz CT molecular complexity index is 1990. The molecule has 4 aliphatic heterocycles. The lowest BCUT2D eigenvalue weighted by Gasteiger charge is -2.47. The summed E-state index contributed by atoms with van der Waals surface area (Å²) in [5, 5.41) is 154. The lowest BCUT2D eigenvalue weighted by Crippen LogP contribution is -2.66. The van der Waals surface area contributed by atoms with Crippen LogP contribution in [-0.2, 0) is 33.3 Å². The lowest BCUT2D eigenvalue weighted by atomic mass is 9.81. The first kappa shape index (κ1) is 64.9. The van der Waals surface area contributed by atoms with Crippen LogP contribution in [0.1, 0.15) is 79.1 Å². The van der Waals surface area contributed by atoms with Gasteiger partial charge in [-0.25, -0.2) is 0 Å². The maximum atomic E-state index is 14.2. The number of nitrogens with two attached hydrogens (primary N) is 1. The number of cyclic esters (lactones) is 1. The van der Waals surface area contributed by atoms with E-state index in [-0.39, 0.29) is 31.6 Å². The highest BCUT2D eigenvalue weighted by Crippen LogP contribution is 2.39. The molecule has 4 heterocycles. The number of fused-ring (bicyclic) bond motifs is 2. The van der Waals surface area contributed by atoms with Gasteiger partial charge >= 0.3 is 5.97 Å². The zero-order valence-corrected chi connectivity index (χ0v) is 43.4. The molecule has 0 aromatic rings. The molecule has 0 aromatic carbocycles. The molecule has 0 radical (unpaired) electrons. The first-order chi connectivity index (χ1) is 35.9. The van der Waals surface area contributed by atoms with E-state index < -0.39 is 184 Å². The smallest absolute Gasteiger partial charge is 0.308 e. The maximum Gasteiger partial charge on any atom is 0.308 e. The quantitative estimate of drug-likeness (QED) is 0.127. The van der Waals surface area contributed by atoms with Gasteiger partial charge in [0.2, 0.25) is 5.91 Å². The second kappa shape index (κ2) is 31.2. The predicted molar refractivity (Wildman–Crippen MR) is 271 cm³/mol. The number of allylic oxidation sites excluding steroid dienone is 12. The Morgan fingerprint density at radius 1 is 0.658 bits per heavy atom. The molecule has 432 valence electrons. The predicted octanol–water partition coefficient (Wildman–Crippen LogP) is -2.46. The minimum Gasteiger partial charge on any atom is -0.462 e. The summed E-state index contributed by atoms with van der Waals surface area (Å²) in [6.07, 6.45) is -5.55. The number of rotatable bonds is 5. The molecule has 0 aromatic heterocycles. The van der Waals surface area contributed by atoms with Crippen LogP contribution in [-0.4, -0.2) is 218 Å². The SMILES string of the molecule is C[C@@H]1[C@H](O)[C@@H](C)/C=C/C=C/C=C/C=C/C=C/C=C/C=C/C(O[C@@H]2O[C@H](C)[C@@H](O)[C@H](N)[C@@H]2O)CC2O[C@](O)(C[C@@H](O)[C@H](O)CC[C@@H](O)CC(O)C[C@@H](O)CC(=O)O[C@H]1C)C[C@H](O)[C@H]2C(=O)NC1C(O)OC(CO)C(O)C1O. The van der Waals surface area contributed by atoms with Crippen LogP contribution in [0.4, 0.5) is 0 Å². The number of carbonyl (C=O) groups excluding carboxylic acids is 2. The van der Waals surface area contributed by atoms with Crippen LogP contribution in [0.3, 0.4) is 0 Å². The van der Waals surface area contributed by atoms with Gasteiger partial charge < -0.3 is 106 Å². The van der Waals surface area contributed by atoms with Gasteiger partial charge in [0.1, 0.15) is 36.6 Å². The molecule has 24 atom stereocenters. The first-order valence-electron chi connectivity index (χ1n) is 25.9. The summed E-state index contributed by atoms with van der Waals surface area (Å²) < 4.78 is 28.8. The van der Waals surface area contributed by atoms with Gasteiger partial charge in [0.05, 0.1) is 92.1 Å². The molecule has 4 rings (SSSR count). The Balaban J connectivity index is 1.65. The van der Waals surface area contributed by atoms with Crippen LogP contribution in [0.15, 0.2) is 85.1 Å². The summed E-state index contributed by atoms with van der Waals surface area (Å²) in [6.45, 7) is 5.88. The summed E-state index contributed by atoms with van der Waals surface area (Å²) in [4.78, 5) is 26.9. The summed E-state index contributed by atoms with van der Waals surface area (Å²) in [5.41, 5.74) is 6.10. The van der Waals surface area contributed by atoms with Gasteiger partial charge in [-0.2, -0.15) is 0 Å². The monoisotopic (exact) mass is 1080 g/mol. The van der Waals surface area contributed by atoms with E-state index in [1.54, 1.807) is 86.8 Å². The number of aliphatic hydroxyl groups excluding tert-OH is 13. The average Bonchev–Trinajstić information content (AvgIpc) is 3.35. The fourth-order valence-corrected chi connectivity index (χ4v) is 9.49. The van der Waals surface area contributed by atoms with Crippen LogP contribution in [0.2, 0.25) is 0 Å². The molecule has 76 heavy (non-hydrogen) atoms. The highest BCUT2D eigenvalue weighted by Gasteiger charge is 2.53. The molecular weight excluding hydrogens is 1000 g/mol. The van der Waals surface area contributed by atoms with Crippen molar-refractivity contribution in [2.24, 2.45) is 23.5 Å². The lowest BCUT2D eigenvalue weighted by molar-refractivity contribution is -0.309. The van der Waals surface area contributed by atoms with Crippen molar-refractivity contribution in [2.45, 2.75) is 207 Å². The van der Waals surface area contributed by atoms with Crippen molar-refractivity contribution in [3.05, 3.63) is 85.1 Å². The molecule has 4 aliphatic rings. The molecule has 1 amide bonds. The molecule has 3 fully saturated rings. The molecule has 8 unspecified atom stereocenters. The van der Waals surface area contributed by atoms with Gasteiger partial charge in [-0.05, 0) is 39.5 Å². The van der Waals surface area contributed by atoms with E-state index in [0.717, 1.165) is 0 Å². The summed E-state index contributed by atoms with van der Waals surface area (Å²) in [7, 11) is 0. The molecule has 17 N–H and O–H groups in total. The van der Waals surface area contributed by atoms with Crippen molar-refractivity contribution in [3.8, 4) is 0 Å². The van der Waals surface area contributed by atoms with Gasteiger partial charge in [-0.15, -0.1) is 0 Å². The van der Waals surface area contributed by atoms with Crippen molar-refractivity contribution < 1.29 is 105 Å². The summed E-state index contributed by atoms with van der Waals surface area (Å²) in [5.74, 6) is -6.81. The van der Waals surface area contributed by atoms with Crippen molar-refractivity contribution in [1.82, 2.24) is 5.32 Å². The van der Waals surface area contributed by atoms with E-state index in [2.05, 4.69) is 5.32 Å². The maximum absolute atomic E-state index is 14.2. The van der Waals surface area contributed by atoms with Crippen molar-refractivity contribution in [2.75, 3.05) is 6.61 Å². The Morgan fingerprint density at radius 2 is 1.22 bits per heavy atom. The Labute approximate surface area is 443 Å². The Morgan fingerprint density at radius 3 is 1.83 bits per heavy atom. The number of esters is 1. The molecule has 0 aliphatic carbocycles. The fraction of sp³-hybridized carbons (Fsp3) is 0.698. The minimum absolute atomic E-state index is 0.199. The Kier molecular flexibility index (Phi) is 26.7. The molecule has 23 nitrogen and oxygen atoms in total. The van der Waals surface area contributed by atoms with Gasteiger partial charge in [0.25, 0.3) is 0 Å². The number of amides is 1. The third kappa shape index (κ3) is 19.6. The second-order valence-electron chi connectivity index (χ2n) is 20.5. The molecule has 3 saturated heterocycles. The molecule has 2 bridgehead atoms. The highest BCUT2D eigenvalue weighted by molar-refractivity contribution is 5.80. The van der Waals surface area contributed by atoms with Gasteiger partial charge in [0.15, 0.2) is 18.4 Å². The van der Waals surface area contributed by atoms with Crippen molar-refractivity contribution in [3.63, 3.8) is 0 Å². The molecule has 0 saturated carbocycles. The normalized spacial score (nSPS) is 46.7. The van der Waals surface area contributed by atoms with Gasteiger partial charge in [-0.1, -0.05) is 98.9 Å². The number of carbonyl (C=O) groups is 2. The molecule has 23 heteroatoms. The van der Waals surface area contributed by atoms with E-state index in [0.29, 0.717) is 0 Å². The van der Waals surface area contributed by atoms with Crippen LogP contribution < -0.4 is 11.1 Å². The minimum atomic E-state index is -2.49. The topological polar surface area (TPSA) is 402 Å². The first-order valence-corrected chi connectivity index (χ1v) is 25.9. The van der Waals surface area contributed by atoms with Gasteiger partial charge in [0, 0.05) is 31.1 Å². The van der Waals surface area contributed by atoms with Gasteiger partial charge in [-0.3, -0.25) is 9.59 Å². The second-order valence-corrected chi connectivity index (χ2v) is 20.5. The zero-order valence-electron chi connectivity index (χ0n) is 43.4. The van der Waals surface area contributed by atoms with Crippen LogP contribution in [0.5, 0.6) is 0 Å². The number of hydrogen-bond acceptors (Lipinski definition) is 22. The number of aliphatic hydroxyl groups is 14. The average molecular weight is 1090 g/mol. The van der Waals surface area contributed by atoms with E-state index in [9.17, 15) is 81.1 Å². The molecular formula is C53H84N2O21. The highest BCUT2D eigenvalue weighted by atomic mass is 16.7. The largest absolute Gasteiger partial charge is 0.462 e. The molecule has 0 spiro atoms. The van der Waals surface area contributed by atoms with E-state index >= 15 is 0 Å². The van der Waals surface area contributed by atoms with Crippen LogP contribution in [0, 0.1) is 17.8 Å². The third-order valence-corrected chi connectivity index (χ3v) is 14.3.